The lowest BCUT2D eigenvalue weighted by molar-refractivity contribution is 0.509. The summed E-state index contributed by atoms with van der Waals surface area (Å²) >= 11 is 1.47. The Morgan fingerprint density at radius 1 is 1.21 bits per heavy atom. The van der Waals surface area contributed by atoms with Crippen LogP contribution < -0.4 is 5.73 Å². The summed E-state index contributed by atoms with van der Waals surface area (Å²) in [4.78, 5) is 0. The number of hydrogen-bond acceptors (Lipinski definition) is 5. The van der Waals surface area contributed by atoms with E-state index in [9.17, 15) is 8.78 Å². The Morgan fingerprint density at radius 2 is 2.00 bits per heavy atom. The molecule has 2 heterocycles. The van der Waals surface area contributed by atoms with E-state index >= 15 is 0 Å². The summed E-state index contributed by atoms with van der Waals surface area (Å²) in [7, 11) is 0. The highest BCUT2D eigenvalue weighted by atomic mass is 32.1. The lowest BCUT2D eigenvalue weighted by Crippen LogP contribution is -2.02. The number of thiophene rings is 1. The van der Waals surface area contributed by atoms with Gasteiger partial charge in [0.2, 0.25) is 0 Å². The molecule has 3 rings (SSSR count). The Labute approximate surface area is 110 Å². The molecule has 2 aromatic heterocycles. The van der Waals surface area contributed by atoms with Crippen molar-refractivity contribution in [2.45, 2.75) is 0 Å². The molecule has 0 bridgehead atoms. The van der Waals surface area contributed by atoms with Crippen LogP contribution in [-0.2, 0) is 0 Å². The zero-order valence-electron chi connectivity index (χ0n) is 9.42. The second-order valence-electron chi connectivity index (χ2n) is 3.75. The Hall–Kier alpha value is -2.35. The molecular formula is C11H7F2N5S. The minimum atomic E-state index is -1.00. The van der Waals surface area contributed by atoms with Crippen molar-refractivity contribution in [1.82, 2.24) is 20.2 Å². The molecule has 0 amide bonds. The topological polar surface area (TPSA) is 69.6 Å². The fourth-order valence-electron chi connectivity index (χ4n) is 1.66. The molecule has 0 atom stereocenters. The molecule has 0 aliphatic carbocycles. The van der Waals surface area contributed by atoms with Crippen LogP contribution in [0.4, 0.5) is 14.5 Å². The first kappa shape index (κ1) is 11.7. The number of nitrogens with two attached hydrogens (primary N) is 1. The molecule has 0 spiro atoms. The van der Waals surface area contributed by atoms with Gasteiger partial charge in [-0.2, -0.15) is 16.0 Å². The van der Waals surface area contributed by atoms with E-state index in [-0.39, 0.29) is 17.1 Å². The average Bonchev–Trinajstić information content (AvgIpc) is 3.03. The summed E-state index contributed by atoms with van der Waals surface area (Å²) in [6, 6.07) is 3.71. The molecule has 0 fully saturated rings. The van der Waals surface area contributed by atoms with Crippen molar-refractivity contribution in [1.29, 1.82) is 0 Å². The summed E-state index contributed by atoms with van der Waals surface area (Å²) in [5.41, 5.74) is 6.74. The number of anilines is 1. The molecule has 3 aromatic rings. The van der Waals surface area contributed by atoms with E-state index in [0.717, 1.165) is 17.8 Å². The molecule has 0 saturated carbocycles. The van der Waals surface area contributed by atoms with Gasteiger partial charge in [-0.05, 0) is 27.9 Å². The van der Waals surface area contributed by atoms with E-state index in [1.807, 2.05) is 10.8 Å². The van der Waals surface area contributed by atoms with Gasteiger partial charge in [0.1, 0.15) is 0 Å². The van der Waals surface area contributed by atoms with Gasteiger partial charge < -0.3 is 5.73 Å². The Bertz CT molecular complexity index is 723. The van der Waals surface area contributed by atoms with Crippen molar-refractivity contribution < 1.29 is 8.78 Å². The van der Waals surface area contributed by atoms with E-state index in [2.05, 4.69) is 15.5 Å². The second-order valence-corrected chi connectivity index (χ2v) is 4.53. The molecule has 0 aliphatic rings. The predicted octanol–water partition coefficient (Wildman–Crippen LogP) is 2.25. The molecule has 0 aliphatic heterocycles. The molecule has 8 heteroatoms. The highest BCUT2D eigenvalue weighted by Crippen LogP contribution is 2.28. The van der Waals surface area contributed by atoms with Crippen LogP contribution in [0.5, 0.6) is 0 Å². The largest absolute Gasteiger partial charge is 0.398 e. The average molecular weight is 279 g/mol. The maximum atomic E-state index is 13.3. The first-order valence-corrected chi connectivity index (χ1v) is 6.17. The summed E-state index contributed by atoms with van der Waals surface area (Å²) in [5.74, 6) is -1.74. The molecule has 0 radical (unpaired) electrons. The van der Waals surface area contributed by atoms with Gasteiger partial charge in [-0.1, -0.05) is 0 Å². The van der Waals surface area contributed by atoms with Crippen LogP contribution in [0.2, 0.25) is 0 Å². The number of nitrogen functional groups attached to an aromatic ring is 1. The van der Waals surface area contributed by atoms with Crippen LogP contribution in [0.1, 0.15) is 0 Å². The van der Waals surface area contributed by atoms with E-state index in [1.165, 1.54) is 16.0 Å². The van der Waals surface area contributed by atoms with E-state index in [1.54, 1.807) is 6.07 Å². The van der Waals surface area contributed by atoms with Crippen molar-refractivity contribution >= 4 is 17.0 Å². The molecule has 1 aromatic carbocycles. The monoisotopic (exact) mass is 279 g/mol. The van der Waals surface area contributed by atoms with Gasteiger partial charge in [-0.25, -0.2) is 8.78 Å². The molecule has 2 N–H and O–H groups in total. The van der Waals surface area contributed by atoms with Crippen molar-refractivity contribution in [3.8, 4) is 17.1 Å². The lowest BCUT2D eigenvalue weighted by atomic mass is 10.1. The first-order chi connectivity index (χ1) is 9.16. The first-order valence-electron chi connectivity index (χ1n) is 5.22. The number of aromatic nitrogens is 4. The predicted molar refractivity (Wildman–Crippen MR) is 66.8 cm³/mol. The molecule has 0 unspecified atom stereocenters. The van der Waals surface area contributed by atoms with Gasteiger partial charge in [-0.15, -0.1) is 5.10 Å². The number of nitrogens with zero attached hydrogens (tertiary/aromatic N) is 4. The highest BCUT2D eigenvalue weighted by molar-refractivity contribution is 7.08. The third kappa shape index (κ3) is 1.95. The summed E-state index contributed by atoms with van der Waals surface area (Å²) in [5, 5.41) is 14.9. The van der Waals surface area contributed by atoms with Crippen LogP contribution >= 0.6 is 11.3 Å². The summed E-state index contributed by atoms with van der Waals surface area (Å²) in [6.07, 6.45) is 0. The van der Waals surface area contributed by atoms with Crippen LogP contribution in [0.25, 0.3) is 17.1 Å². The minimum absolute atomic E-state index is 0.0742. The van der Waals surface area contributed by atoms with E-state index in [0.29, 0.717) is 0 Å². The zero-order valence-corrected chi connectivity index (χ0v) is 10.2. The third-order valence-electron chi connectivity index (χ3n) is 2.55. The molecule has 0 saturated heterocycles. The molecule has 96 valence electrons. The van der Waals surface area contributed by atoms with Gasteiger partial charge >= 0.3 is 0 Å². The summed E-state index contributed by atoms with van der Waals surface area (Å²) in [6.45, 7) is 0. The van der Waals surface area contributed by atoms with Crippen LogP contribution in [-0.4, -0.2) is 20.2 Å². The molecule has 19 heavy (non-hydrogen) atoms. The van der Waals surface area contributed by atoms with Gasteiger partial charge in [0, 0.05) is 22.7 Å². The zero-order chi connectivity index (χ0) is 13.4. The molecular weight excluding hydrogens is 272 g/mol. The number of hydrogen-bond donors (Lipinski definition) is 1. The fourth-order valence-corrected chi connectivity index (χ4v) is 2.28. The lowest BCUT2D eigenvalue weighted by Gasteiger charge is -2.06. The van der Waals surface area contributed by atoms with Gasteiger partial charge in [0.25, 0.3) is 0 Å². The smallest absolute Gasteiger partial charge is 0.189 e. The maximum Gasteiger partial charge on any atom is 0.189 e. The Morgan fingerprint density at radius 3 is 2.74 bits per heavy atom. The number of halogens is 2. The fraction of sp³-hybridized carbons (Fsp3) is 0. The van der Waals surface area contributed by atoms with E-state index < -0.39 is 11.6 Å². The number of rotatable bonds is 2. The van der Waals surface area contributed by atoms with Crippen molar-refractivity contribution in [2.75, 3.05) is 5.73 Å². The standard InChI is InChI=1S/C11H7F2N5S/c12-8-3-7(10(14)4-9(8)13)11-15-16-17-18(11)6-1-2-19-5-6/h1-5H,14H2. The second kappa shape index (κ2) is 4.39. The summed E-state index contributed by atoms with van der Waals surface area (Å²) < 4.78 is 27.8. The van der Waals surface area contributed by atoms with Crippen LogP contribution in [0.3, 0.4) is 0 Å². The van der Waals surface area contributed by atoms with Gasteiger partial charge in [-0.3, -0.25) is 0 Å². The third-order valence-corrected chi connectivity index (χ3v) is 3.22. The van der Waals surface area contributed by atoms with Gasteiger partial charge in [0.15, 0.2) is 17.5 Å². The normalized spacial score (nSPS) is 10.8. The Balaban J connectivity index is 2.19. The highest BCUT2D eigenvalue weighted by Gasteiger charge is 2.16. The van der Waals surface area contributed by atoms with Crippen LogP contribution in [0.15, 0.2) is 29.0 Å². The SMILES string of the molecule is Nc1cc(F)c(F)cc1-c1nnnn1-c1ccsc1. The maximum absolute atomic E-state index is 13.3. The molecule has 5 nitrogen and oxygen atoms in total. The Kier molecular flexibility index (Phi) is 2.71. The van der Waals surface area contributed by atoms with E-state index in [4.69, 9.17) is 5.73 Å². The van der Waals surface area contributed by atoms with Gasteiger partial charge in [0.05, 0.1) is 5.69 Å². The quantitative estimate of drug-likeness (QED) is 0.730. The number of tetrazole rings is 1. The number of benzene rings is 1. The van der Waals surface area contributed by atoms with Crippen molar-refractivity contribution in [3.63, 3.8) is 0 Å². The van der Waals surface area contributed by atoms with Crippen molar-refractivity contribution in [3.05, 3.63) is 40.6 Å². The minimum Gasteiger partial charge on any atom is -0.398 e. The van der Waals surface area contributed by atoms with Crippen LogP contribution in [0, 0.1) is 11.6 Å². The van der Waals surface area contributed by atoms with Crippen molar-refractivity contribution in [2.24, 2.45) is 0 Å².